The molecule has 0 saturated heterocycles. The number of amides is 1. The summed E-state index contributed by atoms with van der Waals surface area (Å²) in [5, 5.41) is 5.52. The van der Waals surface area contributed by atoms with Gasteiger partial charge in [0.1, 0.15) is 10.6 Å². The predicted octanol–water partition coefficient (Wildman–Crippen LogP) is 1.24. The van der Waals surface area contributed by atoms with E-state index in [4.69, 9.17) is 5.73 Å². The van der Waals surface area contributed by atoms with E-state index >= 15 is 0 Å². The summed E-state index contributed by atoms with van der Waals surface area (Å²) in [6.45, 7) is 3.08. The summed E-state index contributed by atoms with van der Waals surface area (Å²) in [7, 11) is 1.63. The number of nitrogens with two attached hydrogens (primary N) is 1. The molecule has 7 heteroatoms. The summed E-state index contributed by atoms with van der Waals surface area (Å²) in [5.41, 5.74) is 5.74. The average molecular weight is 279 g/mol. The molecule has 2 rings (SSSR count). The van der Waals surface area contributed by atoms with Crippen molar-refractivity contribution in [3.8, 4) is 0 Å². The van der Waals surface area contributed by atoms with Crippen molar-refractivity contribution in [2.75, 3.05) is 30.8 Å². The first-order chi connectivity index (χ1) is 9.15. The van der Waals surface area contributed by atoms with Crippen LogP contribution in [0, 0.1) is 0 Å². The van der Waals surface area contributed by atoms with Crippen molar-refractivity contribution in [1.29, 1.82) is 0 Å². The summed E-state index contributed by atoms with van der Waals surface area (Å²) in [6.07, 6.45) is 0.923. The zero-order chi connectivity index (χ0) is 13.8. The molecule has 0 bridgehead atoms. The maximum Gasteiger partial charge on any atom is 0.239 e. The number of thiophene rings is 1. The van der Waals surface area contributed by atoms with E-state index in [1.165, 1.54) is 11.3 Å². The Balaban J connectivity index is 2.42. The SMILES string of the molecule is CCCN(CC(=O)NC)c1nc(N)nc2sccc12. The number of carbonyl (C=O) groups excluding carboxylic acids is 1. The van der Waals surface area contributed by atoms with Gasteiger partial charge in [-0.3, -0.25) is 4.79 Å². The molecule has 0 saturated carbocycles. The van der Waals surface area contributed by atoms with E-state index in [0.717, 1.165) is 29.0 Å². The van der Waals surface area contributed by atoms with Gasteiger partial charge in [0, 0.05) is 13.6 Å². The van der Waals surface area contributed by atoms with Gasteiger partial charge < -0.3 is 16.0 Å². The number of anilines is 2. The van der Waals surface area contributed by atoms with Gasteiger partial charge >= 0.3 is 0 Å². The van der Waals surface area contributed by atoms with Crippen molar-refractivity contribution in [3.63, 3.8) is 0 Å². The summed E-state index contributed by atoms with van der Waals surface area (Å²) >= 11 is 1.52. The molecule has 0 aliphatic rings. The van der Waals surface area contributed by atoms with Gasteiger partial charge in [0.05, 0.1) is 11.9 Å². The molecule has 3 N–H and O–H groups in total. The molecule has 0 atom stereocenters. The minimum atomic E-state index is -0.0472. The van der Waals surface area contributed by atoms with Crippen LogP contribution in [-0.2, 0) is 4.79 Å². The maximum absolute atomic E-state index is 11.6. The van der Waals surface area contributed by atoms with Crippen LogP contribution in [0.1, 0.15) is 13.3 Å². The Morgan fingerprint density at radius 3 is 3.00 bits per heavy atom. The highest BCUT2D eigenvalue weighted by atomic mass is 32.1. The number of fused-ring (bicyclic) bond motifs is 1. The number of aromatic nitrogens is 2. The lowest BCUT2D eigenvalue weighted by Gasteiger charge is -2.23. The summed E-state index contributed by atoms with van der Waals surface area (Å²) < 4.78 is 0. The summed E-state index contributed by atoms with van der Waals surface area (Å²) in [6, 6.07) is 1.96. The van der Waals surface area contributed by atoms with Gasteiger partial charge in [-0.1, -0.05) is 6.92 Å². The van der Waals surface area contributed by atoms with Crippen molar-refractivity contribution in [3.05, 3.63) is 11.4 Å². The fourth-order valence-corrected chi connectivity index (χ4v) is 2.64. The Morgan fingerprint density at radius 1 is 1.53 bits per heavy atom. The first-order valence-electron chi connectivity index (χ1n) is 6.12. The van der Waals surface area contributed by atoms with Crippen molar-refractivity contribution < 1.29 is 4.79 Å². The highest BCUT2D eigenvalue weighted by molar-refractivity contribution is 7.16. The molecule has 102 valence electrons. The molecule has 2 heterocycles. The summed E-state index contributed by atoms with van der Waals surface area (Å²) in [5.74, 6) is 0.922. The minimum absolute atomic E-state index is 0.0472. The largest absolute Gasteiger partial charge is 0.368 e. The fourth-order valence-electron chi connectivity index (χ4n) is 1.88. The Morgan fingerprint density at radius 2 is 2.32 bits per heavy atom. The van der Waals surface area contributed by atoms with Gasteiger partial charge in [-0.15, -0.1) is 11.3 Å². The van der Waals surface area contributed by atoms with Crippen LogP contribution in [-0.4, -0.2) is 36.0 Å². The molecule has 2 aromatic heterocycles. The van der Waals surface area contributed by atoms with Gasteiger partial charge in [0.25, 0.3) is 0 Å². The van der Waals surface area contributed by atoms with Crippen LogP contribution in [0.3, 0.4) is 0 Å². The van der Waals surface area contributed by atoms with E-state index in [0.29, 0.717) is 0 Å². The molecule has 0 radical (unpaired) electrons. The fraction of sp³-hybridized carbons (Fsp3) is 0.417. The molecular formula is C12H17N5OS. The van der Waals surface area contributed by atoms with Crippen molar-refractivity contribution in [2.45, 2.75) is 13.3 Å². The Labute approximate surface area is 115 Å². The molecule has 6 nitrogen and oxygen atoms in total. The number of likely N-dealkylation sites (N-methyl/N-ethyl adjacent to an activating group) is 1. The lowest BCUT2D eigenvalue weighted by atomic mass is 10.3. The van der Waals surface area contributed by atoms with Crippen LogP contribution >= 0.6 is 11.3 Å². The molecular weight excluding hydrogens is 262 g/mol. The van der Waals surface area contributed by atoms with Gasteiger partial charge in [-0.05, 0) is 17.9 Å². The Hall–Kier alpha value is -1.89. The third kappa shape index (κ3) is 2.93. The highest BCUT2D eigenvalue weighted by Gasteiger charge is 2.16. The lowest BCUT2D eigenvalue weighted by Crippen LogP contribution is -2.36. The standard InChI is InChI=1S/C12H17N5OS/c1-3-5-17(7-9(18)14-2)10-8-4-6-19-11(8)16-12(13)15-10/h4,6H,3,5,7H2,1-2H3,(H,14,18)(H2,13,15,16). The molecule has 0 aliphatic carbocycles. The summed E-state index contributed by atoms with van der Waals surface area (Å²) in [4.78, 5) is 22.9. The van der Waals surface area contributed by atoms with Crippen LogP contribution in [0.2, 0.25) is 0 Å². The van der Waals surface area contributed by atoms with Gasteiger partial charge in [0.2, 0.25) is 11.9 Å². The first kappa shape index (κ1) is 13.5. The Bertz CT molecular complexity index is 583. The monoisotopic (exact) mass is 279 g/mol. The molecule has 0 aromatic carbocycles. The van der Waals surface area contributed by atoms with Gasteiger partial charge in [-0.25, -0.2) is 4.98 Å². The predicted molar refractivity (Wildman–Crippen MR) is 78.4 cm³/mol. The number of nitrogens with zero attached hydrogens (tertiary/aromatic N) is 3. The van der Waals surface area contributed by atoms with Crippen molar-refractivity contribution >= 4 is 39.2 Å². The van der Waals surface area contributed by atoms with E-state index in [1.807, 2.05) is 16.3 Å². The molecule has 0 unspecified atom stereocenters. The van der Waals surface area contributed by atoms with E-state index in [9.17, 15) is 4.79 Å². The zero-order valence-electron chi connectivity index (χ0n) is 11.0. The molecule has 0 aliphatic heterocycles. The first-order valence-corrected chi connectivity index (χ1v) is 7.00. The van der Waals surface area contributed by atoms with E-state index in [2.05, 4.69) is 22.2 Å². The highest BCUT2D eigenvalue weighted by Crippen LogP contribution is 2.28. The van der Waals surface area contributed by atoms with Gasteiger partial charge in [0.15, 0.2) is 0 Å². The number of rotatable bonds is 5. The molecule has 1 amide bonds. The molecule has 2 aromatic rings. The number of hydrogen-bond acceptors (Lipinski definition) is 6. The quantitative estimate of drug-likeness (QED) is 0.860. The van der Waals surface area contributed by atoms with E-state index < -0.39 is 0 Å². The third-order valence-electron chi connectivity index (χ3n) is 2.73. The minimum Gasteiger partial charge on any atom is -0.368 e. The average Bonchev–Trinajstić information content (AvgIpc) is 2.85. The lowest BCUT2D eigenvalue weighted by molar-refractivity contribution is -0.119. The van der Waals surface area contributed by atoms with E-state index in [-0.39, 0.29) is 18.4 Å². The second-order valence-electron chi connectivity index (χ2n) is 4.14. The van der Waals surface area contributed by atoms with Crippen molar-refractivity contribution in [1.82, 2.24) is 15.3 Å². The number of nitrogens with one attached hydrogen (secondary N) is 1. The maximum atomic E-state index is 11.6. The molecule has 0 fully saturated rings. The third-order valence-corrected chi connectivity index (χ3v) is 3.54. The second kappa shape index (κ2) is 5.83. The van der Waals surface area contributed by atoms with Crippen LogP contribution < -0.4 is 16.0 Å². The topological polar surface area (TPSA) is 84.1 Å². The number of carbonyl (C=O) groups is 1. The smallest absolute Gasteiger partial charge is 0.239 e. The van der Waals surface area contributed by atoms with Crippen molar-refractivity contribution in [2.24, 2.45) is 0 Å². The van der Waals surface area contributed by atoms with Crippen LogP contribution in [0.25, 0.3) is 10.2 Å². The number of nitrogen functional groups attached to an aromatic ring is 1. The van der Waals surface area contributed by atoms with Crippen LogP contribution in [0.5, 0.6) is 0 Å². The van der Waals surface area contributed by atoms with Crippen LogP contribution in [0.15, 0.2) is 11.4 Å². The van der Waals surface area contributed by atoms with Gasteiger partial charge in [-0.2, -0.15) is 4.98 Å². The molecule has 0 spiro atoms. The normalized spacial score (nSPS) is 10.6. The van der Waals surface area contributed by atoms with Crippen LogP contribution in [0.4, 0.5) is 11.8 Å². The molecule has 19 heavy (non-hydrogen) atoms. The van der Waals surface area contributed by atoms with E-state index in [1.54, 1.807) is 7.05 Å². The number of hydrogen-bond donors (Lipinski definition) is 2. The Kier molecular flexibility index (Phi) is 4.16. The zero-order valence-corrected chi connectivity index (χ0v) is 11.8. The second-order valence-corrected chi connectivity index (χ2v) is 5.03.